The highest BCUT2D eigenvalue weighted by Crippen LogP contribution is 2.27. The number of morpholine rings is 1. The van der Waals surface area contributed by atoms with E-state index >= 15 is 0 Å². The van der Waals surface area contributed by atoms with Crippen molar-refractivity contribution in [2.75, 3.05) is 39.3 Å². The van der Waals surface area contributed by atoms with Crippen LogP contribution in [0, 0.1) is 19.8 Å². The van der Waals surface area contributed by atoms with Crippen LogP contribution < -0.4 is 4.74 Å². The standard InChI is InChI=1S/C23H35N5O3/c1-15-10-16(2)24-22-21(15)23(25-26(22)5)30-14-20(29)28-8-6-19(7-9-28)13-27-11-17(3)31-18(4)12-27/h10,17-19H,6-9,11-14H2,1-5H3. The summed E-state index contributed by atoms with van der Waals surface area (Å²) in [7, 11) is 1.85. The summed E-state index contributed by atoms with van der Waals surface area (Å²) < 4.78 is 13.4. The molecule has 2 saturated heterocycles. The van der Waals surface area contributed by atoms with Gasteiger partial charge in [0, 0.05) is 45.5 Å². The molecule has 31 heavy (non-hydrogen) atoms. The maximum Gasteiger partial charge on any atom is 0.260 e. The number of aryl methyl sites for hydroxylation is 3. The summed E-state index contributed by atoms with van der Waals surface area (Å²) in [4.78, 5) is 21.8. The summed E-state index contributed by atoms with van der Waals surface area (Å²) in [6.45, 7) is 13.0. The van der Waals surface area contributed by atoms with Gasteiger partial charge in [-0.3, -0.25) is 9.69 Å². The summed E-state index contributed by atoms with van der Waals surface area (Å²) in [5.74, 6) is 1.16. The Morgan fingerprint density at radius 2 is 1.87 bits per heavy atom. The van der Waals surface area contributed by atoms with Crippen LogP contribution in [-0.2, 0) is 16.6 Å². The SMILES string of the molecule is Cc1cc(C)c2c(OCC(=O)N3CCC(CN4CC(C)OC(C)C4)CC3)nn(C)c2n1. The van der Waals surface area contributed by atoms with Crippen molar-refractivity contribution < 1.29 is 14.3 Å². The van der Waals surface area contributed by atoms with Crippen molar-refractivity contribution in [1.29, 1.82) is 0 Å². The first-order valence-corrected chi connectivity index (χ1v) is 11.4. The number of hydrogen-bond donors (Lipinski definition) is 0. The van der Waals surface area contributed by atoms with Crippen LogP contribution in [0.25, 0.3) is 11.0 Å². The maximum absolute atomic E-state index is 12.8. The Bertz CT molecular complexity index is 925. The van der Waals surface area contributed by atoms with Gasteiger partial charge in [-0.2, -0.15) is 0 Å². The zero-order chi connectivity index (χ0) is 22.1. The van der Waals surface area contributed by atoms with Crippen molar-refractivity contribution >= 4 is 16.9 Å². The number of piperidine rings is 1. The highest BCUT2D eigenvalue weighted by molar-refractivity contribution is 5.85. The molecule has 8 nitrogen and oxygen atoms in total. The molecule has 2 aromatic heterocycles. The van der Waals surface area contributed by atoms with Gasteiger partial charge in [-0.25, -0.2) is 9.67 Å². The maximum atomic E-state index is 12.8. The molecule has 2 aliphatic heterocycles. The average molecular weight is 430 g/mol. The highest BCUT2D eigenvalue weighted by atomic mass is 16.5. The van der Waals surface area contributed by atoms with Gasteiger partial charge in [-0.15, -0.1) is 5.10 Å². The van der Waals surface area contributed by atoms with E-state index in [1.807, 2.05) is 31.9 Å². The van der Waals surface area contributed by atoms with Crippen LogP contribution in [0.1, 0.15) is 37.9 Å². The highest BCUT2D eigenvalue weighted by Gasteiger charge is 2.28. The van der Waals surface area contributed by atoms with Crippen LogP contribution >= 0.6 is 0 Å². The lowest BCUT2D eigenvalue weighted by Gasteiger charge is -2.39. The Hall–Kier alpha value is -2.19. The van der Waals surface area contributed by atoms with Gasteiger partial charge in [-0.1, -0.05) is 0 Å². The zero-order valence-electron chi connectivity index (χ0n) is 19.4. The molecule has 0 aliphatic carbocycles. The van der Waals surface area contributed by atoms with E-state index in [-0.39, 0.29) is 12.5 Å². The molecule has 0 N–H and O–H groups in total. The minimum atomic E-state index is 0.0165. The van der Waals surface area contributed by atoms with Gasteiger partial charge in [0.1, 0.15) is 0 Å². The number of likely N-dealkylation sites (tertiary alicyclic amines) is 1. The third-order valence-corrected chi connectivity index (χ3v) is 6.40. The zero-order valence-corrected chi connectivity index (χ0v) is 19.4. The molecule has 0 aromatic carbocycles. The van der Waals surface area contributed by atoms with Gasteiger partial charge in [0.2, 0.25) is 5.88 Å². The first kappa shape index (κ1) is 22.0. The van der Waals surface area contributed by atoms with Crippen LogP contribution in [0.3, 0.4) is 0 Å². The Morgan fingerprint density at radius 3 is 2.55 bits per heavy atom. The largest absolute Gasteiger partial charge is 0.466 e. The fourth-order valence-corrected chi connectivity index (χ4v) is 5.04. The molecule has 2 fully saturated rings. The molecule has 170 valence electrons. The smallest absolute Gasteiger partial charge is 0.260 e. The van der Waals surface area contributed by atoms with Crippen LogP contribution in [0.4, 0.5) is 0 Å². The number of rotatable bonds is 5. The van der Waals surface area contributed by atoms with E-state index in [4.69, 9.17) is 9.47 Å². The lowest BCUT2D eigenvalue weighted by molar-refractivity contribution is -0.135. The number of aromatic nitrogens is 3. The van der Waals surface area contributed by atoms with Gasteiger partial charge < -0.3 is 14.4 Å². The Balaban J connectivity index is 1.29. The molecule has 8 heteroatoms. The van der Waals surface area contributed by atoms with Crippen molar-refractivity contribution in [3.63, 3.8) is 0 Å². The molecule has 2 aliphatic rings. The van der Waals surface area contributed by atoms with E-state index in [0.717, 1.165) is 67.9 Å². The molecule has 2 unspecified atom stereocenters. The predicted octanol–water partition coefficient (Wildman–Crippen LogP) is 2.31. The molecule has 0 saturated carbocycles. The minimum Gasteiger partial charge on any atom is -0.466 e. The van der Waals surface area contributed by atoms with E-state index in [1.54, 1.807) is 4.68 Å². The van der Waals surface area contributed by atoms with Gasteiger partial charge in [0.05, 0.1) is 17.6 Å². The van der Waals surface area contributed by atoms with Gasteiger partial charge in [0.15, 0.2) is 12.3 Å². The number of carbonyl (C=O) groups excluding carboxylic acids is 1. The summed E-state index contributed by atoms with van der Waals surface area (Å²) in [5, 5.41) is 5.33. The number of amides is 1. The molecule has 1 amide bonds. The first-order chi connectivity index (χ1) is 14.8. The Morgan fingerprint density at radius 1 is 1.19 bits per heavy atom. The third-order valence-electron chi connectivity index (χ3n) is 6.40. The number of fused-ring (bicyclic) bond motifs is 1. The van der Waals surface area contributed by atoms with Crippen molar-refractivity contribution in [3.8, 4) is 5.88 Å². The summed E-state index contributed by atoms with van der Waals surface area (Å²) in [6.07, 6.45) is 2.68. The molecule has 0 radical (unpaired) electrons. The van der Waals surface area contributed by atoms with Crippen molar-refractivity contribution in [1.82, 2.24) is 24.6 Å². The average Bonchev–Trinajstić information content (AvgIpc) is 3.02. The van der Waals surface area contributed by atoms with E-state index in [0.29, 0.717) is 24.0 Å². The summed E-state index contributed by atoms with van der Waals surface area (Å²) >= 11 is 0. The van der Waals surface area contributed by atoms with Crippen LogP contribution in [0.15, 0.2) is 6.07 Å². The van der Waals surface area contributed by atoms with Crippen molar-refractivity contribution in [2.45, 2.75) is 52.7 Å². The normalized spacial score (nSPS) is 23.5. The van der Waals surface area contributed by atoms with Crippen molar-refractivity contribution in [3.05, 3.63) is 17.3 Å². The van der Waals surface area contributed by atoms with Gasteiger partial charge in [-0.05, 0) is 58.1 Å². The van der Waals surface area contributed by atoms with Crippen LogP contribution in [0.2, 0.25) is 0 Å². The molecular weight excluding hydrogens is 394 g/mol. The lowest BCUT2D eigenvalue weighted by atomic mass is 9.95. The first-order valence-electron chi connectivity index (χ1n) is 11.4. The monoisotopic (exact) mass is 429 g/mol. The second-order valence-electron chi connectivity index (χ2n) is 9.30. The quantitative estimate of drug-likeness (QED) is 0.726. The summed E-state index contributed by atoms with van der Waals surface area (Å²) in [5.41, 5.74) is 2.79. The third kappa shape index (κ3) is 5.01. The molecule has 4 rings (SSSR count). The van der Waals surface area contributed by atoms with Crippen LogP contribution in [-0.4, -0.2) is 82.0 Å². The van der Waals surface area contributed by atoms with Crippen molar-refractivity contribution in [2.24, 2.45) is 13.0 Å². The minimum absolute atomic E-state index is 0.0165. The van der Waals surface area contributed by atoms with Crippen LogP contribution in [0.5, 0.6) is 5.88 Å². The van der Waals surface area contributed by atoms with E-state index in [1.165, 1.54) is 0 Å². The lowest BCUT2D eigenvalue weighted by Crippen LogP contribution is -2.49. The number of hydrogen-bond acceptors (Lipinski definition) is 6. The molecule has 0 bridgehead atoms. The summed E-state index contributed by atoms with van der Waals surface area (Å²) in [6, 6.07) is 2.01. The molecule has 4 heterocycles. The second kappa shape index (κ2) is 9.12. The number of carbonyl (C=O) groups is 1. The topological polar surface area (TPSA) is 72.7 Å². The Labute approximate surface area is 184 Å². The number of pyridine rings is 1. The number of ether oxygens (including phenoxy) is 2. The van der Waals surface area contributed by atoms with E-state index in [9.17, 15) is 4.79 Å². The fraction of sp³-hybridized carbons (Fsp3) is 0.696. The molecular formula is C23H35N5O3. The predicted molar refractivity (Wildman–Crippen MR) is 119 cm³/mol. The van der Waals surface area contributed by atoms with E-state index in [2.05, 4.69) is 28.8 Å². The molecule has 2 atom stereocenters. The van der Waals surface area contributed by atoms with Gasteiger partial charge >= 0.3 is 0 Å². The Kier molecular flexibility index (Phi) is 6.48. The number of nitrogens with zero attached hydrogens (tertiary/aromatic N) is 5. The second-order valence-corrected chi connectivity index (χ2v) is 9.30. The fourth-order valence-electron chi connectivity index (χ4n) is 5.04. The van der Waals surface area contributed by atoms with E-state index < -0.39 is 0 Å². The van der Waals surface area contributed by atoms with Gasteiger partial charge in [0.25, 0.3) is 5.91 Å². The molecule has 0 spiro atoms. The molecule has 2 aromatic rings.